The van der Waals surface area contributed by atoms with Crippen molar-refractivity contribution in [1.29, 1.82) is 0 Å². The van der Waals surface area contributed by atoms with Crippen LogP contribution in [-0.4, -0.2) is 54.4 Å². The summed E-state index contributed by atoms with van der Waals surface area (Å²) in [5.74, 6) is -0.637. The van der Waals surface area contributed by atoms with Crippen molar-refractivity contribution in [1.82, 2.24) is 9.80 Å². The molecule has 0 aliphatic carbocycles. The SMILES string of the molecule is Cc1ccccc1C(=O)N1CCCN(C(=O)COc2ccccc2F)CC1. The number of hydrogen-bond donors (Lipinski definition) is 0. The van der Waals surface area contributed by atoms with E-state index in [4.69, 9.17) is 4.74 Å². The first kappa shape index (κ1) is 18.9. The fourth-order valence-electron chi connectivity index (χ4n) is 3.15. The number of ether oxygens (including phenoxy) is 1. The maximum absolute atomic E-state index is 13.6. The van der Waals surface area contributed by atoms with Crippen LogP contribution in [0.2, 0.25) is 0 Å². The van der Waals surface area contributed by atoms with E-state index < -0.39 is 5.82 Å². The molecule has 1 fully saturated rings. The third kappa shape index (κ3) is 4.64. The monoisotopic (exact) mass is 370 g/mol. The highest BCUT2D eigenvalue weighted by atomic mass is 19.1. The Kier molecular flexibility index (Phi) is 6.06. The van der Waals surface area contributed by atoms with E-state index in [1.807, 2.05) is 31.2 Å². The molecule has 0 bridgehead atoms. The molecule has 3 rings (SSSR count). The summed E-state index contributed by atoms with van der Waals surface area (Å²) >= 11 is 0. The van der Waals surface area contributed by atoms with Gasteiger partial charge in [-0.25, -0.2) is 4.39 Å². The maximum Gasteiger partial charge on any atom is 0.260 e. The van der Waals surface area contributed by atoms with Crippen LogP contribution in [0.4, 0.5) is 4.39 Å². The summed E-state index contributed by atoms with van der Waals surface area (Å²) in [5, 5.41) is 0. The lowest BCUT2D eigenvalue weighted by atomic mass is 10.1. The first-order valence-corrected chi connectivity index (χ1v) is 9.06. The van der Waals surface area contributed by atoms with Gasteiger partial charge in [0.1, 0.15) is 0 Å². The van der Waals surface area contributed by atoms with E-state index in [0.29, 0.717) is 38.2 Å². The average Bonchev–Trinajstić information content (AvgIpc) is 2.93. The molecular formula is C21H23FN2O3. The van der Waals surface area contributed by atoms with Crippen molar-refractivity contribution in [2.45, 2.75) is 13.3 Å². The average molecular weight is 370 g/mol. The zero-order chi connectivity index (χ0) is 19.2. The lowest BCUT2D eigenvalue weighted by Crippen LogP contribution is -2.39. The lowest BCUT2D eigenvalue weighted by Gasteiger charge is -2.23. The molecule has 1 saturated heterocycles. The molecule has 1 aliphatic rings. The second-order valence-corrected chi connectivity index (χ2v) is 6.56. The van der Waals surface area contributed by atoms with Crippen LogP contribution in [0.5, 0.6) is 5.75 Å². The summed E-state index contributed by atoms with van der Waals surface area (Å²) in [6.45, 7) is 3.77. The molecule has 0 saturated carbocycles. The predicted molar refractivity (Wildman–Crippen MR) is 100 cm³/mol. The summed E-state index contributed by atoms with van der Waals surface area (Å²) in [4.78, 5) is 28.6. The van der Waals surface area contributed by atoms with E-state index >= 15 is 0 Å². The molecule has 5 nitrogen and oxygen atoms in total. The van der Waals surface area contributed by atoms with Crippen LogP contribution in [-0.2, 0) is 4.79 Å². The zero-order valence-corrected chi connectivity index (χ0v) is 15.4. The van der Waals surface area contributed by atoms with Gasteiger partial charge in [0.15, 0.2) is 18.2 Å². The second kappa shape index (κ2) is 8.66. The third-order valence-corrected chi connectivity index (χ3v) is 4.70. The van der Waals surface area contributed by atoms with Crippen molar-refractivity contribution < 1.29 is 18.7 Å². The largest absolute Gasteiger partial charge is 0.481 e. The lowest BCUT2D eigenvalue weighted by molar-refractivity contribution is -0.133. The number of amides is 2. The zero-order valence-electron chi connectivity index (χ0n) is 15.4. The summed E-state index contributed by atoms with van der Waals surface area (Å²) in [6, 6.07) is 13.5. The van der Waals surface area contributed by atoms with Crippen molar-refractivity contribution in [3.63, 3.8) is 0 Å². The number of halogens is 1. The minimum absolute atomic E-state index is 0.00925. The summed E-state index contributed by atoms with van der Waals surface area (Å²) in [6.07, 6.45) is 0.697. The molecule has 0 unspecified atom stereocenters. The van der Waals surface area contributed by atoms with Crippen LogP contribution in [0.1, 0.15) is 22.3 Å². The van der Waals surface area contributed by atoms with E-state index in [1.165, 1.54) is 12.1 Å². The molecule has 27 heavy (non-hydrogen) atoms. The molecule has 0 radical (unpaired) electrons. The number of benzene rings is 2. The first-order chi connectivity index (χ1) is 13.1. The van der Waals surface area contributed by atoms with Crippen molar-refractivity contribution in [2.24, 2.45) is 0 Å². The van der Waals surface area contributed by atoms with Crippen molar-refractivity contribution in [3.8, 4) is 5.75 Å². The topological polar surface area (TPSA) is 49.9 Å². The van der Waals surface area contributed by atoms with Crippen LogP contribution >= 0.6 is 0 Å². The van der Waals surface area contributed by atoms with Gasteiger partial charge in [-0.05, 0) is 37.1 Å². The Morgan fingerprint density at radius 2 is 1.63 bits per heavy atom. The summed E-state index contributed by atoms with van der Waals surface area (Å²) in [7, 11) is 0. The Balaban J connectivity index is 1.56. The number of carbonyl (C=O) groups excluding carboxylic acids is 2. The highest BCUT2D eigenvalue weighted by Gasteiger charge is 2.23. The Bertz CT molecular complexity index is 825. The van der Waals surface area contributed by atoms with Gasteiger partial charge in [0.05, 0.1) is 0 Å². The molecule has 0 atom stereocenters. The van der Waals surface area contributed by atoms with Gasteiger partial charge < -0.3 is 14.5 Å². The number of carbonyl (C=O) groups is 2. The molecule has 2 amide bonds. The standard InChI is InChI=1S/C21H23FN2O3/c1-16-7-2-3-8-17(16)21(26)24-12-6-11-23(13-14-24)20(25)15-27-19-10-5-4-9-18(19)22/h2-5,7-10H,6,11-15H2,1H3. The highest BCUT2D eigenvalue weighted by molar-refractivity contribution is 5.95. The van der Waals surface area contributed by atoms with E-state index in [1.54, 1.807) is 21.9 Å². The third-order valence-electron chi connectivity index (χ3n) is 4.70. The van der Waals surface area contributed by atoms with Crippen molar-refractivity contribution in [3.05, 3.63) is 65.5 Å². The van der Waals surface area contributed by atoms with Crippen molar-refractivity contribution in [2.75, 3.05) is 32.8 Å². The van der Waals surface area contributed by atoms with Crippen LogP contribution in [0, 0.1) is 12.7 Å². The molecule has 0 spiro atoms. The van der Waals surface area contributed by atoms with Gasteiger partial charge in [0.2, 0.25) is 0 Å². The maximum atomic E-state index is 13.6. The number of rotatable bonds is 4. The molecule has 142 valence electrons. The minimum Gasteiger partial charge on any atom is -0.481 e. The summed E-state index contributed by atoms with van der Waals surface area (Å²) < 4.78 is 18.9. The molecule has 2 aromatic carbocycles. The van der Waals surface area contributed by atoms with E-state index in [0.717, 1.165) is 5.56 Å². The predicted octanol–water partition coefficient (Wildman–Crippen LogP) is 2.89. The van der Waals surface area contributed by atoms with E-state index in [-0.39, 0.29) is 24.2 Å². The van der Waals surface area contributed by atoms with Gasteiger partial charge in [0.25, 0.3) is 11.8 Å². The quantitative estimate of drug-likeness (QED) is 0.832. The number of aryl methyl sites for hydroxylation is 1. The Morgan fingerprint density at radius 1 is 0.963 bits per heavy atom. The normalized spacial score (nSPS) is 14.6. The molecular weight excluding hydrogens is 347 g/mol. The van der Waals surface area contributed by atoms with E-state index in [9.17, 15) is 14.0 Å². The van der Waals surface area contributed by atoms with Gasteiger partial charge in [-0.3, -0.25) is 9.59 Å². The second-order valence-electron chi connectivity index (χ2n) is 6.56. The number of nitrogens with zero attached hydrogens (tertiary/aromatic N) is 2. The van der Waals surface area contributed by atoms with Crippen LogP contribution in [0.15, 0.2) is 48.5 Å². The number of hydrogen-bond acceptors (Lipinski definition) is 3. The molecule has 0 N–H and O–H groups in total. The first-order valence-electron chi connectivity index (χ1n) is 9.06. The van der Waals surface area contributed by atoms with Crippen LogP contribution < -0.4 is 4.74 Å². The van der Waals surface area contributed by atoms with E-state index in [2.05, 4.69) is 0 Å². The smallest absolute Gasteiger partial charge is 0.260 e. The highest BCUT2D eigenvalue weighted by Crippen LogP contribution is 2.16. The molecule has 0 aromatic heterocycles. The number of para-hydroxylation sites is 1. The van der Waals surface area contributed by atoms with Crippen LogP contribution in [0.3, 0.4) is 0 Å². The Labute approximate surface area is 158 Å². The molecule has 6 heteroatoms. The van der Waals surface area contributed by atoms with Gasteiger partial charge in [0, 0.05) is 31.7 Å². The van der Waals surface area contributed by atoms with Gasteiger partial charge in [-0.15, -0.1) is 0 Å². The van der Waals surface area contributed by atoms with Crippen LogP contribution in [0.25, 0.3) is 0 Å². The Hall–Kier alpha value is -2.89. The summed E-state index contributed by atoms with van der Waals surface area (Å²) in [5.41, 5.74) is 1.64. The minimum atomic E-state index is -0.490. The van der Waals surface area contributed by atoms with Gasteiger partial charge >= 0.3 is 0 Å². The van der Waals surface area contributed by atoms with Gasteiger partial charge in [-0.2, -0.15) is 0 Å². The molecule has 1 aliphatic heterocycles. The molecule has 2 aromatic rings. The fraction of sp³-hybridized carbons (Fsp3) is 0.333. The Morgan fingerprint density at radius 3 is 2.41 bits per heavy atom. The fourth-order valence-corrected chi connectivity index (χ4v) is 3.15. The van der Waals surface area contributed by atoms with Gasteiger partial charge in [-0.1, -0.05) is 30.3 Å². The van der Waals surface area contributed by atoms with Crippen molar-refractivity contribution >= 4 is 11.8 Å². The molecule has 1 heterocycles.